The minimum Gasteiger partial charge on any atom is -0.508 e. The van der Waals surface area contributed by atoms with Gasteiger partial charge < -0.3 is 111 Å². The number of nitrogens with one attached hydrogen (secondary N) is 13. The van der Waals surface area contributed by atoms with Gasteiger partial charge in [-0.25, -0.2) is 4.79 Å². The Morgan fingerprint density at radius 2 is 0.954 bits per heavy atom. The maximum Gasteiger partial charge on any atom is 0.326 e. The number of likely N-dealkylation sites (tertiary alicyclic amines) is 2. The first-order valence-corrected chi connectivity index (χ1v) is 37.9. The number of carboxylic acid groups (broad SMARTS) is 1. The molecule has 2 fully saturated rings. The topological polar surface area (TPSA) is 569 Å². The molecule has 37 nitrogen and oxygen atoms in total. The molecule has 2 aliphatic rings. The fourth-order valence-electron chi connectivity index (χ4n) is 11.8. The first-order chi connectivity index (χ1) is 50.8. The van der Waals surface area contributed by atoms with Crippen molar-refractivity contribution in [3.8, 4) is 5.75 Å². The maximum absolute atomic E-state index is 14.2. The number of phenolic OH excluding ortho intramolecular Hbond substituents is 1. The number of nitrogens with zero attached hydrogens (tertiary/aromatic N) is 2. The summed E-state index contributed by atoms with van der Waals surface area (Å²) in [5.41, 5.74) is 12.1. The molecule has 108 heavy (non-hydrogen) atoms. The van der Waals surface area contributed by atoms with Crippen LogP contribution in [0.5, 0.6) is 5.75 Å². The van der Waals surface area contributed by atoms with Gasteiger partial charge in [-0.1, -0.05) is 67.5 Å². The van der Waals surface area contributed by atoms with Crippen molar-refractivity contribution < 1.29 is 97.1 Å². The van der Waals surface area contributed by atoms with Gasteiger partial charge in [-0.15, -0.1) is 0 Å². The summed E-state index contributed by atoms with van der Waals surface area (Å²) in [5.74, 6) is -15.3. The van der Waals surface area contributed by atoms with Crippen molar-refractivity contribution in [2.24, 2.45) is 35.1 Å². The molecule has 606 valence electrons. The number of carbonyl (C=O) groups excluding carboxylic acids is 15. The van der Waals surface area contributed by atoms with Crippen molar-refractivity contribution in [3.63, 3.8) is 0 Å². The number of benzene rings is 1. The zero-order chi connectivity index (χ0) is 81.4. The number of unbranched alkanes of at least 4 members (excludes halogenated alkanes) is 1. The molecule has 1 aromatic rings. The van der Waals surface area contributed by atoms with E-state index in [4.69, 9.17) is 11.5 Å². The van der Waals surface area contributed by atoms with Crippen LogP contribution < -0.4 is 80.6 Å². The van der Waals surface area contributed by atoms with Gasteiger partial charge in [0.1, 0.15) is 78.3 Å². The van der Waals surface area contributed by atoms with Crippen molar-refractivity contribution in [2.75, 3.05) is 57.9 Å². The van der Waals surface area contributed by atoms with Crippen molar-refractivity contribution in [3.05, 3.63) is 29.8 Å². The second kappa shape index (κ2) is 46.2. The maximum atomic E-state index is 14.2. The van der Waals surface area contributed by atoms with Gasteiger partial charge in [-0.3, -0.25) is 71.9 Å². The predicted molar refractivity (Wildman–Crippen MR) is 395 cm³/mol. The lowest BCUT2D eigenvalue weighted by Crippen LogP contribution is -2.61. The van der Waals surface area contributed by atoms with E-state index in [1.165, 1.54) is 47.5 Å². The normalized spacial score (nSPS) is 17.5. The van der Waals surface area contributed by atoms with E-state index >= 15 is 0 Å². The first-order valence-electron chi connectivity index (χ1n) is 36.5. The number of rotatable bonds is 45. The summed E-state index contributed by atoms with van der Waals surface area (Å²) in [6.45, 7) is 14.5. The minimum absolute atomic E-state index is 0.0130. The summed E-state index contributed by atoms with van der Waals surface area (Å²) in [6.07, 6.45) is 2.47. The minimum atomic E-state index is -1.72. The molecule has 0 aliphatic carbocycles. The van der Waals surface area contributed by atoms with Crippen molar-refractivity contribution in [1.29, 1.82) is 0 Å². The molecule has 0 aromatic heterocycles. The van der Waals surface area contributed by atoms with Gasteiger partial charge in [-0.05, 0) is 138 Å². The SMILES string of the molecule is CSCCC(NC(=O)C(CCCCN)NC(=O)C(C)NC(=O)C(CC(C)C)NC(=O)C(NC(=O)C(NC(=O)CNC(=O)CNC(=O)CNC(=O)C(NC(=O)C(CO)NC(=O)C(NC(=O)C1CCCN1C(=O)C(C)N)C(C)C)C(C)C)C(C)O)C(C)C)C(=O)NC(Cc1ccc(O)cc1)C(=O)N1CCCC1C(=O)O. The summed E-state index contributed by atoms with van der Waals surface area (Å²) in [4.78, 5) is 218. The third-order valence-electron chi connectivity index (χ3n) is 17.9. The molecule has 2 heterocycles. The number of carbonyl (C=O) groups is 16. The van der Waals surface area contributed by atoms with E-state index in [0.29, 0.717) is 50.0 Å². The molecule has 38 heteroatoms. The number of phenols is 1. The highest BCUT2D eigenvalue weighted by molar-refractivity contribution is 7.98. The zero-order valence-electron chi connectivity index (χ0n) is 63.7. The van der Waals surface area contributed by atoms with E-state index in [2.05, 4.69) is 69.1 Å². The molecular formula is C70H115N17O20S. The highest BCUT2D eigenvalue weighted by Gasteiger charge is 2.42. The molecule has 0 bridgehead atoms. The Morgan fingerprint density at radius 3 is 1.47 bits per heavy atom. The summed E-state index contributed by atoms with van der Waals surface area (Å²) < 4.78 is 0. The van der Waals surface area contributed by atoms with E-state index in [-0.39, 0.29) is 56.9 Å². The van der Waals surface area contributed by atoms with Gasteiger partial charge >= 0.3 is 5.97 Å². The molecule has 2 saturated heterocycles. The van der Waals surface area contributed by atoms with Crippen LogP contribution in [-0.2, 0) is 83.1 Å². The Labute approximate surface area is 633 Å². The summed E-state index contributed by atoms with van der Waals surface area (Å²) in [7, 11) is 0. The number of carboxylic acids is 1. The Kier molecular flexibility index (Phi) is 39.7. The number of hydrogen-bond donors (Lipinski definition) is 19. The van der Waals surface area contributed by atoms with Crippen LogP contribution in [0.4, 0.5) is 0 Å². The van der Waals surface area contributed by atoms with Gasteiger partial charge in [-0.2, -0.15) is 11.8 Å². The Hall–Kier alpha value is -9.27. The Morgan fingerprint density at radius 1 is 0.500 bits per heavy atom. The van der Waals surface area contributed by atoms with E-state index in [9.17, 15) is 97.1 Å². The molecule has 1 aromatic carbocycles. The molecule has 15 amide bonds. The van der Waals surface area contributed by atoms with Crippen molar-refractivity contribution in [1.82, 2.24) is 78.9 Å². The van der Waals surface area contributed by atoms with Gasteiger partial charge in [0, 0.05) is 19.5 Å². The smallest absolute Gasteiger partial charge is 0.326 e. The lowest BCUT2D eigenvalue weighted by atomic mass is 9.99. The van der Waals surface area contributed by atoms with Crippen LogP contribution in [0.1, 0.15) is 140 Å². The van der Waals surface area contributed by atoms with Crippen LogP contribution in [0.25, 0.3) is 0 Å². The largest absolute Gasteiger partial charge is 0.508 e. The molecule has 2 aliphatic heterocycles. The van der Waals surface area contributed by atoms with Crippen LogP contribution in [-0.4, -0.2) is 267 Å². The highest BCUT2D eigenvalue weighted by atomic mass is 32.2. The third-order valence-corrected chi connectivity index (χ3v) is 18.6. The lowest BCUT2D eigenvalue weighted by molar-refractivity contribution is -0.149. The zero-order valence-corrected chi connectivity index (χ0v) is 64.5. The van der Waals surface area contributed by atoms with Gasteiger partial charge in [0.15, 0.2) is 0 Å². The van der Waals surface area contributed by atoms with Crippen molar-refractivity contribution >= 4 is 106 Å². The van der Waals surface area contributed by atoms with Crippen LogP contribution in [0.2, 0.25) is 0 Å². The number of aliphatic carboxylic acids is 1. The number of aliphatic hydroxyl groups is 2. The quantitative estimate of drug-likeness (QED) is 0.0272. The summed E-state index contributed by atoms with van der Waals surface area (Å²) >= 11 is 1.37. The second-order valence-electron chi connectivity index (χ2n) is 28.5. The second-order valence-corrected chi connectivity index (χ2v) is 29.5. The number of thioether (sulfide) groups is 1. The molecule has 3 rings (SSSR count). The van der Waals surface area contributed by atoms with Crippen molar-refractivity contribution in [2.45, 2.75) is 225 Å². The average Bonchev–Trinajstić information content (AvgIpc) is 1.60. The summed E-state index contributed by atoms with van der Waals surface area (Å²) in [6, 6.07) is -10.8. The summed E-state index contributed by atoms with van der Waals surface area (Å²) in [5, 5.41) is 73.0. The average molecular weight is 1550 g/mol. The number of amides is 15. The molecule has 0 saturated carbocycles. The standard InChI is InChI=1S/C70H115N17O20S/c1-35(2)29-46(61(97)76-40(10)58(94)77-44(17-13-14-25-71)59(95)78-45(24-28-108-12)60(96)80-47(30-42-20-22-43(90)23-21-42)69(105)87-27-16-19-50(87)70(106)107)79-65(101)56(38(7)8)85-67(103)57(41(11)89)82-53(93)33-74-51(91)31-73-52(92)32-75-64(100)54(36(3)4)83-62(98)48(34-88)81-66(102)55(37(5)6)84-63(99)49-18-15-26-86(49)68(104)39(9)72/h20-23,35-41,44-50,54-57,88-90H,13-19,24-34,71-72H2,1-12H3,(H,73,92)(H,74,91)(H,75,100)(H,76,97)(H,77,94)(H,78,95)(H,79,101)(H,80,96)(H,81,102)(H,82,93)(H,83,98)(H,84,99)(H,85,103)(H,106,107). The van der Waals surface area contributed by atoms with Crippen LogP contribution in [0, 0.1) is 23.7 Å². The fourth-order valence-corrected chi connectivity index (χ4v) is 12.2. The number of aromatic hydroxyl groups is 1. The Bertz CT molecular complexity index is 3270. The Balaban J connectivity index is 1.60. The molecular weight excluding hydrogens is 1430 g/mol. The van der Waals surface area contributed by atoms with Gasteiger partial charge in [0.25, 0.3) is 0 Å². The molecule has 14 atom stereocenters. The van der Waals surface area contributed by atoms with Crippen LogP contribution >= 0.6 is 11.8 Å². The molecule has 0 radical (unpaired) electrons. The molecule has 0 spiro atoms. The number of nitrogens with two attached hydrogens (primary N) is 2. The van der Waals surface area contributed by atoms with E-state index in [1.54, 1.807) is 73.8 Å². The predicted octanol–water partition coefficient (Wildman–Crippen LogP) is -5.17. The molecule has 21 N–H and O–H groups in total. The number of aliphatic hydroxyl groups excluding tert-OH is 2. The van der Waals surface area contributed by atoms with E-state index in [0.717, 1.165) is 6.92 Å². The van der Waals surface area contributed by atoms with Gasteiger partial charge in [0.2, 0.25) is 88.6 Å². The highest BCUT2D eigenvalue weighted by Crippen LogP contribution is 2.23. The van der Waals surface area contributed by atoms with Crippen LogP contribution in [0.15, 0.2) is 24.3 Å². The lowest BCUT2D eigenvalue weighted by Gasteiger charge is -2.30. The van der Waals surface area contributed by atoms with E-state index < -0.39 is 223 Å². The monoisotopic (exact) mass is 1550 g/mol. The third kappa shape index (κ3) is 30.4. The van der Waals surface area contributed by atoms with Crippen LogP contribution in [0.3, 0.4) is 0 Å². The first kappa shape index (κ1) is 92.9. The molecule has 14 unspecified atom stereocenters. The van der Waals surface area contributed by atoms with Gasteiger partial charge in [0.05, 0.1) is 38.4 Å². The van der Waals surface area contributed by atoms with E-state index in [1.807, 2.05) is 0 Å². The fraction of sp³-hybridized carbons (Fsp3) is 0.686. The number of hydrogen-bond acceptors (Lipinski definition) is 22.